The van der Waals surface area contributed by atoms with Crippen LogP contribution in [0.25, 0.3) is 0 Å². The summed E-state index contributed by atoms with van der Waals surface area (Å²) in [6, 6.07) is 11.0. The van der Waals surface area contributed by atoms with Gasteiger partial charge < -0.3 is 5.11 Å². The minimum absolute atomic E-state index is 0.165. The summed E-state index contributed by atoms with van der Waals surface area (Å²) in [6.45, 7) is 0. The van der Waals surface area contributed by atoms with Crippen molar-refractivity contribution in [3.63, 3.8) is 0 Å². The number of hydrogen-bond acceptors (Lipinski definition) is 1. The van der Waals surface area contributed by atoms with Crippen LogP contribution >= 0.6 is 23.2 Å². The monoisotopic (exact) mass is 326 g/mol. The predicted octanol–water partition coefficient (Wildman–Crippen LogP) is 4.62. The van der Waals surface area contributed by atoms with Crippen LogP contribution in [0.15, 0.2) is 42.5 Å². The minimum Gasteiger partial charge on any atom is -0.481 e. The Bertz CT molecular complexity index is 658. The van der Waals surface area contributed by atoms with Gasteiger partial charge in [-0.15, -0.1) is 0 Å². The summed E-state index contributed by atoms with van der Waals surface area (Å²) >= 11 is 11.9. The lowest BCUT2D eigenvalue weighted by molar-refractivity contribution is -0.141. The van der Waals surface area contributed by atoms with Crippen molar-refractivity contribution in [1.82, 2.24) is 0 Å². The number of carbonyl (C=O) groups is 1. The molecule has 2 nitrogen and oxygen atoms in total. The van der Waals surface area contributed by atoms with Gasteiger partial charge in [0.05, 0.1) is 5.92 Å². The lowest BCUT2D eigenvalue weighted by Crippen LogP contribution is -2.19. The molecule has 2 aromatic carbocycles. The highest BCUT2D eigenvalue weighted by Gasteiger charge is 2.20. The van der Waals surface area contributed by atoms with Crippen LogP contribution in [-0.2, 0) is 17.6 Å². The van der Waals surface area contributed by atoms with Gasteiger partial charge in [0.2, 0.25) is 0 Å². The third-order valence-electron chi connectivity index (χ3n) is 3.19. The molecule has 1 atom stereocenters. The number of rotatable bonds is 5. The third-order valence-corrected chi connectivity index (χ3v) is 3.80. The molecule has 0 fully saturated rings. The van der Waals surface area contributed by atoms with Crippen LogP contribution in [0.4, 0.5) is 4.39 Å². The molecule has 0 spiro atoms. The average Bonchev–Trinajstić information content (AvgIpc) is 2.42. The average molecular weight is 327 g/mol. The zero-order valence-electron chi connectivity index (χ0n) is 11.0. The topological polar surface area (TPSA) is 37.3 Å². The number of carboxylic acid groups (broad SMARTS) is 1. The van der Waals surface area contributed by atoms with Crippen molar-refractivity contribution in [3.05, 3.63) is 69.5 Å². The zero-order valence-corrected chi connectivity index (χ0v) is 12.5. The molecule has 110 valence electrons. The summed E-state index contributed by atoms with van der Waals surface area (Å²) in [4.78, 5) is 11.4. The molecule has 1 unspecified atom stereocenters. The molecule has 0 saturated carbocycles. The van der Waals surface area contributed by atoms with E-state index in [2.05, 4.69) is 0 Å². The number of benzene rings is 2. The molecule has 0 bridgehead atoms. The van der Waals surface area contributed by atoms with E-state index in [1.54, 1.807) is 18.2 Å². The Morgan fingerprint density at radius 1 is 1.14 bits per heavy atom. The highest BCUT2D eigenvalue weighted by molar-refractivity contribution is 6.31. The van der Waals surface area contributed by atoms with Crippen molar-refractivity contribution in [2.75, 3.05) is 0 Å². The van der Waals surface area contributed by atoms with Crippen molar-refractivity contribution in [2.24, 2.45) is 5.92 Å². The van der Waals surface area contributed by atoms with Crippen molar-refractivity contribution < 1.29 is 14.3 Å². The van der Waals surface area contributed by atoms with Gasteiger partial charge in [0, 0.05) is 10.0 Å². The number of halogens is 3. The van der Waals surface area contributed by atoms with Gasteiger partial charge >= 0.3 is 5.97 Å². The first kappa shape index (κ1) is 15.8. The Morgan fingerprint density at radius 3 is 2.57 bits per heavy atom. The molecule has 2 aromatic rings. The summed E-state index contributed by atoms with van der Waals surface area (Å²) in [7, 11) is 0. The molecule has 1 N–H and O–H groups in total. The first-order valence-corrected chi connectivity index (χ1v) is 7.12. The fraction of sp³-hybridized carbons (Fsp3) is 0.188. The van der Waals surface area contributed by atoms with Crippen LogP contribution in [0.2, 0.25) is 10.0 Å². The van der Waals surface area contributed by atoms with Gasteiger partial charge in [-0.2, -0.15) is 0 Å². The maximum atomic E-state index is 13.3. The predicted molar refractivity (Wildman–Crippen MR) is 81.4 cm³/mol. The Hall–Kier alpha value is -1.58. The van der Waals surface area contributed by atoms with Gasteiger partial charge in [-0.3, -0.25) is 4.79 Å². The molecular formula is C16H13Cl2FO2. The lowest BCUT2D eigenvalue weighted by atomic mass is 9.92. The van der Waals surface area contributed by atoms with E-state index in [1.165, 1.54) is 18.2 Å². The SMILES string of the molecule is O=C(O)C(Cc1cccc(Cl)c1)Cc1cc(F)ccc1Cl. The normalized spacial score (nSPS) is 12.1. The van der Waals surface area contributed by atoms with Crippen LogP contribution in [0.3, 0.4) is 0 Å². The van der Waals surface area contributed by atoms with E-state index in [0.29, 0.717) is 22.0 Å². The fourth-order valence-corrected chi connectivity index (χ4v) is 2.57. The molecule has 0 aromatic heterocycles. The maximum absolute atomic E-state index is 13.3. The summed E-state index contributed by atoms with van der Waals surface area (Å²) in [5.74, 6) is -2.07. The summed E-state index contributed by atoms with van der Waals surface area (Å²) < 4.78 is 13.3. The van der Waals surface area contributed by atoms with Gasteiger partial charge in [-0.25, -0.2) is 4.39 Å². The van der Waals surface area contributed by atoms with Crippen LogP contribution in [-0.4, -0.2) is 11.1 Å². The number of hydrogen-bond donors (Lipinski definition) is 1. The Labute approximate surface area is 132 Å². The Kier molecular flexibility index (Phi) is 5.21. The molecule has 21 heavy (non-hydrogen) atoms. The summed E-state index contributed by atoms with van der Waals surface area (Å²) in [6.07, 6.45) is 0.473. The van der Waals surface area contributed by atoms with Crippen LogP contribution in [0.1, 0.15) is 11.1 Å². The van der Waals surface area contributed by atoms with E-state index >= 15 is 0 Å². The highest BCUT2D eigenvalue weighted by atomic mass is 35.5. The van der Waals surface area contributed by atoms with Crippen molar-refractivity contribution in [2.45, 2.75) is 12.8 Å². The second kappa shape index (κ2) is 6.92. The number of carboxylic acids is 1. The number of aliphatic carboxylic acids is 1. The molecule has 0 amide bonds. The van der Waals surface area contributed by atoms with Gasteiger partial charge in [-0.05, 0) is 54.3 Å². The van der Waals surface area contributed by atoms with Crippen LogP contribution < -0.4 is 0 Å². The van der Waals surface area contributed by atoms with Crippen molar-refractivity contribution >= 4 is 29.2 Å². The molecule has 0 heterocycles. The molecule has 0 aliphatic carbocycles. The smallest absolute Gasteiger partial charge is 0.307 e. The summed E-state index contributed by atoms with van der Waals surface area (Å²) in [5.41, 5.74) is 1.31. The van der Waals surface area contributed by atoms with Gasteiger partial charge in [0.15, 0.2) is 0 Å². The molecule has 0 aliphatic rings. The van der Waals surface area contributed by atoms with Crippen molar-refractivity contribution in [3.8, 4) is 0 Å². The second-order valence-corrected chi connectivity index (χ2v) is 5.65. The second-order valence-electron chi connectivity index (χ2n) is 4.81. The first-order chi connectivity index (χ1) is 9.95. The van der Waals surface area contributed by atoms with Gasteiger partial charge in [0.1, 0.15) is 5.82 Å². The van der Waals surface area contributed by atoms with Crippen molar-refractivity contribution in [1.29, 1.82) is 0 Å². The largest absolute Gasteiger partial charge is 0.481 e. The molecule has 0 radical (unpaired) electrons. The van der Waals surface area contributed by atoms with Gasteiger partial charge in [-0.1, -0.05) is 35.3 Å². The maximum Gasteiger partial charge on any atom is 0.307 e. The van der Waals surface area contributed by atoms with Crippen LogP contribution in [0, 0.1) is 11.7 Å². The Balaban J connectivity index is 2.20. The van der Waals surface area contributed by atoms with Crippen LogP contribution in [0.5, 0.6) is 0 Å². The Morgan fingerprint density at radius 2 is 1.90 bits per heavy atom. The van der Waals surface area contributed by atoms with E-state index in [1.807, 2.05) is 6.07 Å². The van der Waals surface area contributed by atoms with E-state index < -0.39 is 17.7 Å². The minimum atomic E-state index is -0.949. The first-order valence-electron chi connectivity index (χ1n) is 6.37. The van der Waals surface area contributed by atoms with E-state index in [4.69, 9.17) is 23.2 Å². The molecule has 2 rings (SSSR count). The van der Waals surface area contributed by atoms with E-state index in [9.17, 15) is 14.3 Å². The standard InChI is InChI=1S/C16H13Cl2FO2/c17-13-3-1-2-10(7-13)6-12(16(20)21)8-11-9-14(19)4-5-15(11)18/h1-5,7,9,12H,6,8H2,(H,20,21). The third kappa shape index (κ3) is 4.45. The molecular weight excluding hydrogens is 314 g/mol. The summed E-state index contributed by atoms with van der Waals surface area (Å²) in [5, 5.41) is 10.3. The molecule has 5 heteroatoms. The molecule has 0 saturated heterocycles. The highest BCUT2D eigenvalue weighted by Crippen LogP contribution is 2.23. The zero-order chi connectivity index (χ0) is 15.4. The quantitative estimate of drug-likeness (QED) is 0.870. The van der Waals surface area contributed by atoms with Gasteiger partial charge in [0.25, 0.3) is 0 Å². The molecule has 0 aliphatic heterocycles. The van der Waals surface area contributed by atoms with E-state index in [0.717, 1.165) is 5.56 Å². The van der Waals surface area contributed by atoms with E-state index in [-0.39, 0.29) is 6.42 Å². The fourth-order valence-electron chi connectivity index (χ4n) is 2.16. The lowest BCUT2D eigenvalue weighted by Gasteiger charge is -2.14.